The van der Waals surface area contributed by atoms with E-state index in [1.54, 1.807) is 14.0 Å². The molecule has 1 N–H and O–H groups in total. The van der Waals surface area contributed by atoms with E-state index >= 15 is 0 Å². The Balaban J connectivity index is 2.00. The number of nitrogens with zero attached hydrogens (tertiary/aromatic N) is 1. The fraction of sp³-hybridized carbons (Fsp3) is 0.409. The minimum absolute atomic E-state index is 0.0275. The van der Waals surface area contributed by atoms with Gasteiger partial charge in [-0.05, 0) is 61.7 Å². The number of amides is 1. The van der Waals surface area contributed by atoms with Crippen molar-refractivity contribution in [3.05, 3.63) is 64.7 Å². The summed E-state index contributed by atoms with van der Waals surface area (Å²) in [6, 6.07) is 16.5. The molecule has 1 fully saturated rings. The fourth-order valence-corrected chi connectivity index (χ4v) is 4.25. The number of nitrogens with one attached hydrogen (secondary N) is 1. The van der Waals surface area contributed by atoms with Crippen molar-refractivity contribution in [1.29, 1.82) is 0 Å². The van der Waals surface area contributed by atoms with Gasteiger partial charge in [0.15, 0.2) is 0 Å². The molecule has 0 aliphatic carbocycles. The molecule has 27 heavy (non-hydrogen) atoms. The Hall–Kier alpha value is -2.04. The number of carbonyl (C=O) groups is 1. The summed E-state index contributed by atoms with van der Waals surface area (Å²) in [5.74, 6) is 0.872. The monoisotopic (exact) mass is 386 g/mol. The number of likely N-dealkylation sites (tertiary alicyclic amines) is 1. The van der Waals surface area contributed by atoms with E-state index in [2.05, 4.69) is 41.5 Å². The molecular weight excluding hydrogens is 360 g/mol. The van der Waals surface area contributed by atoms with Crippen LogP contribution < -0.4 is 10.1 Å². The van der Waals surface area contributed by atoms with Crippen LogP contribution in [0.2, 0.25) is 5.02 Å². The smallest absolute Gasteiger partial charge is 0.217 e. The Morgan fingerprint density at radius 2 is 1.89 bits per heavy atom. The Labute approximate surface area is 166 Å². The summed E-state index contributed by atoms with van der Waals surface area (Å²) in [6.07, 6.45) is 2.66. The number of likely N-dealkylation sites (N-methyl/N-ethyl adjacent to an activating group) is 1. The van der Waals surface area contributed by atoms with Gasteiger partial charge in [0.25, 0.3) is 0 Å². The molecule has 5 heteroatoms. The van der Waals surface area contributed by atoms with Gasteiger partial charge in [0, 0.05) is 24.5 Å². The van der Waals surface area contributed by atoms with E-state index in [0.29, 0.717) is 0 Å². The van der Waals surface area contributed by atoms with Gasteiger partial charge in [0.05, 0.1) is 12.6 Å². The number of ether oxygens (including phenoxy) is 1. The third kappa shape index (κ3) is 4.45. The zero-order valence-corrected chi connectivity index (χ0v) is 16.9. The number of carbonyl (C=O) groups excluding carboxylic acids is 1. The highest BCUT2D eigenvalue weighted by Gasteiger charge is 2.42. The third-order valence-electron chi connectivity index (χ3n) is 5.57. The molecule has 2 unspecified atom stereocenters. The van der Waals surface area contributed by atoms with Crippen molar-refractivity contribution in [3.63, 3.8) is 0 Å². The van der Waals surface area contributed by atoms with Crippen LogP contribution in [0.3, 0.4) is 0 Å². The molecule has 0 bridgehead atoms. The first-order chi connectivity index (χ1) is 12.9. The molecule has 0 spiro atoms. The summed E-state index contributed by atoms with van der Waals surface area (Å²) in [5.41, 5.74) is 2.26. The van der Waals surface area contributed by atoms with Crippen LogP contribution in [-0.2, 0) is 16.8 Å². The number of hydrogen-bond acceptors (Lipinski definition) is 3. The maximum atomic E-state index is 11.7. The van der Waals surface area contributed by atoms with Gasteiger partial charge in [0.2, 0.25) is 5.91 Å². The average molecular weight is 387 g/mol. The lowest BCUT2D eigenvalue weighted by atomic mass is 9.74. The van der Waals surface area contributed by atoms with Gasteiger partial charge >= 0.3 is 0 Å². The van der Waals surface area contributed by atoms with Gasteiger partial charge in [0.1, 0.15) is 5.75 Å². The molecule has 0 aromatic heterocycles. The van der Waals surface area contributed by atoms with Crippen molar-refractivity contribution < 1.29 is 9.53 Å². The topological polar surface area (TPSA) is 41.6 Å². The largest absolute Gasteiger partial charge is 0.497 e. The van der Waals surface area contributed by atoms with Crippen LogP contribution in [0.25, 0.3) is 0 Å². The third-order valence-corrected chi connectivity index (χ3v) is 5.82. The second-order valence-corrected chi connectivity index (χ2v) is 7.81. The standard InChI is InChI=1S/C22H27ClN2O2/c1-16(26)24-20-12-13-25(2)22(15-20,14-17-4-8-19(23)9-5-17)18-6-10-21(27-3)11-7-18/h4-11,20H,12-15H2,1-3H3,(H,24,26). The molecule has 1 amide bonds. The van der Waals surface area contributed by atoms with Crippen LogP contribution in [-0.4, -0.2) is 37.6 Å². The number of methoxy groups -OCH3 is 1. The highest BCUT2D eigenvalue weighted by molar-refractivity contribution is 6.30. The van der Waals surface area contributed by atoms with Crippen molar-refractivity contribution in [2.75, 3.05) is 20.7 Å². The second-order valence-electron chi connectivity index (χ2n) is 7.38. The summed E-state index contributed by atoms with van der Waals surface area (Å²) in [5, 5.41) is 3.87. The maximum absolute atomic E-state index is 11.7. The minimum Gasteiger partial charge on any atom is -0.497 e. The van der Waals surface area contributed by atoms with E-state index in [9.17, 15) is 4.79 Å². The van der Waals surface area contributed by atoms with E-state index in [4.69, 9.17) is 16.3 Å². The van der Waals surface area contributed by atoms with Crippen molar-refractivity contribution in [3.8, 4) is 5.75 Å². The summed E-state index contributed by atoms with van der Waals surface area (Å²) >= 11 is 6.08. The second kappa shape index (κ2) is 8.32. The molecule has 2 aromatic rings. The van der Waals surface area contributed by atoms with Crippen LogP contribution in [0.5, 0.6) is 5.75 Å². The van der Waals surface area contributed by atoms with Crippen LogP contribution in [0.15, 0.2) is 48.5 Å². The van der Waals surface area contributed by atoms with E-state index < -0.39 is 0 Å². The van der Waals surface area contributed by atoms with E-state index in [1.807, 2.05) is 24.3 Å². The normalized spacial score (nSPS) is 23.0. The average Bonchev–Trinajstić information content (AvgIpc) is 2.66. The predicted molar refractivity (Wildman–Crippen MR) is 109 cm³/mol. The fourth-order valence-electron chi connectivity index (χ4n) is 4.13. The first-order valence-corrected chi connectivity index (χ1v) is 9.68. The highest BCUT2D eigenvalue weighted by atomic mass is 35.5. The molecule has 2 aromatic carbocycles. The molecule has 0 radical (unpaired) electrons. The molecule has 144 valence electrons. The molecule has 0 saturated carbocycles. The van der Waals surface area contributed by atoms with Gasteiger partial charge < -0.3 is 10.1 Å². The Morgan fingerprint density at radius 3 is 2.48 bits per heavy atom. The van der Waals surface area contributed by atoms with E-state index in [-0.39, 0.29) is 17.5 Å². The summed E-state index contributed by atoms with van der Waals surface area (Å²) < 4.78 is 5.34. The van der Waals surface area contributed by atoms with Gasteiger partial charge in [-0.25, -0.2) is 0 Å². The van der Waals surface area contributed by atoms with Crippen molar-refractivity contribution in [2.24, 2.45) is 0 Å². The zero-order chi connectivity index (χ0) is 19.4. The minimum atomic E-state index is -0.203. The van der Waals surface area contributed by atoms with Crippen LogP contribution in [0.4, 0.5) is 0 Å². The predicted octanol–water partition coefficient (Wildman–Crippen LogP) is 4.02. The Bertz CT molecular complexity index is 776. The lowest BCUT2D eigenvalue weighted by Crippen LogP contribution is -2.55. The number of halogens is 1. The molecule has 3 rings (SSSR count). The van der Waals surface area contributed by atoms with Crippen LogP contribution in [0, 0.1) is 0 Å². The van der Waals surface area contributed by atoms with Gasteiger partial charge in [-0.3, -0.25) is 9.69 Å². The van der Waals surface area contributed by atoms with Crippen molar-refractivity contribution >= 4 is 17.5 Å². The maximum Gasteiger partial charge on any atom is 0.217 e. The Kier molecular flexibility index (Phi) is 6.08. The molecule has 4 nitrogen and oxygen atoms in total. The Morgan fingerprint density at radius 1 is 1.22 bits per heavy atom. The van der Waals surface area contributed by atoms with Crippen LogP contribution >= 0.6 is 11.6 Å². The number of hydrogen-bond donors (Lipinski definition) is 1. The summed E-state index contributed by atoms with van der Waals surface area (Å²) in [7, 11) is 3.85. The van der Waals surface area contributed by atoms with E-state index in [1.165, 1.54) is 11.1 Å². The quantitative estimate of drug-likeness (QED) is 0.843. The molecule has 1 aliphatic rings. The first-order valence-electron chi connectivity index (χ1n) is 9.30. The number of piperidine rings is 1. The zero-order valence-electron chi connectivity index (χ0n) is 16.2. The molecule has 1 aliphatic heterocycles. The summed E-state index contributed by atoms with van der Waals surface area (Å²) in [6.45, 7) is 2.51. The lowest BCUT2D eigenvalue weighted by Gasteiger charge is -2.49. The molecule has 2 atom stereocenters. The summed E-state index contributed by atoms with van der Waals surface area (Å²) in [4.78, 5) is 14.1. The van der Waals surface area contributed by atoms with Crippen molar-refractivity contribution in [1.82, 2.24) is 10.2 Å². The SMILES string of the molecule is COc1ccc(C2(Cc3ccc(Cl)cc3)CC(NC(C)=O)CCN2C)cc1. The van der Waals surface area contributed by atoms with Gasteiger partial charge in [-0.15, -0.1) is 0 Å². The van der Waals surface area contributed by atoms with Gasteiger partial charge in [-0.1, -0.05) is 35.9 Å². The molecular formula is C22H27ClN2O2. The lowest BCUT2D eigenvalue weighted by molar-refractivity contribution is -0.120. The highest BCUT2D eigenvalue weighted by Crippen LogP contribution is 2.40. The molecule has 1 saturated heterocycles. The van der Waals surface area contributed by atoms with Gasteiger partial charge in [-0.2, -0.15) is 0 Å². The van der Waals surface area contributed by atoms with Crippen LogP contribution in [0.1, 0.15) is 30.9 Å². The first kappa shape index (κ1) is 19.7. The number of benzene rings is 2. The van der Waals surface area contributed by atoms with E-state index in [0.717, 1.165) is 36.6 Å². The molecule has 1 heterocycles. The van der Waals surface area contributed by atoms with Crippen molar-refractivity contribution in [2.45, 2.75) is 37.8 Å². The number of rotatable bonds is 5.